The molecule has 3 aromatic rings. The number of aliphatic carboxylic acids is 1. The number of carboxylic acids is 1. The summed E-state index contributed by atoms with van der Waals surface area (Å²) in [6, 6.07) is 19.1. The van der Waals surface area contributed by atoms with Crippen LogP contribution in [0.25, 0.3) is 10.8 Å². The van der Waals surface area contributed by atoms with E-state index in [9.17, 15) is 14.4 Å². The molecule has 2 fully saturated rings. The van der Waals surface area contributed by atoms with Crippen LogP contribution in [0, 0.1) is 5.92 Å². The molecule has 5 rings (SSSR count). The van der Waals surface area contributed by atoms with Crippen molar-refractivity contribution < 1.29 is 24.2 Å². The van der Waals surface area contributed by atoms with Crippen LogP contribution in [0.3, 0.4) is 0 Å². The molecular formula is C30H32N2O5. The lowest BCUT2D eigenvalue weighted by Gasteiger charge is -2.26. The molecule has 0 unspecified atom stereocenters. The van der Waals surface area contributed by atoms with Gasteiger partial charge in [0.05, 0.1) is 12.0 Å². The zero-order valence-electron chi connectivity index (χ0n) is 20.7. The highest BCUT2D eigenvalue weighted by molar-refractivity contribution is 5.99. The van der Waals surface area contributed by atoms with Crippen molar-refractivity contribution in [2.75, 3.05) is 13.1 Å². The predicted octanol–water partition coefficient (Wildman–Crippen LogP) is 4.90. The van der Waals surface area contributed by atoms with Crippen molar-refractivity contribution in [3.05, 3.63) is 77.4 Å². The first-order valence-electron chi connectivity index (χ1n) is 13.1. The van der Waals surface area contributed by atoms with E-state index in [0.717, 1.165) is 10.8 Å². The van der Waals surface area contributed by atoms with Crippen molar-refractivity contribution in [1.29, 1.82) is 0 Å². The van der Waals surface area contributed by atoms with E-state index in [1.165, 1.54) is 18.4 Å². The van der Waals surface area contributed by atoms with Crippen molar-refractivity contribution in [1.82, 2.24) is 10.6 Å². The predicted molar refractivity (Wildman–Crippen MR) is 141 cm³/mol. The molecule has 2 aliphatic carbocycles. The fraction of sp³-hybridized carbons (Fsp3) is 0.367. The highest BCUT2D eigenvalue weighted by atomic mass is 16.5. The second-order valence-corrected chi connectivity index (χ2v) is 10.1. The van der Waals surface area contributed by atoms with E-state index in [1.807, 2.05) is 18.2 Å². The van der Waals surface area contributed by atoms with Gasteiger partial charge in [0, 0.05) is 24.2 Å². The van der Waals surface area contributed by atoms with Gasteiger partial charge in [-0.25, -0.2) is 0 Å². The van der Waals surface area contributed by atoms with E-state index < -0.39 is 5.97 Å². The highest BCUT2D eigenvalue weighted by Gasteiger charge is 2.27. The number of carboxylic acid groups (broad SMARTS) is 1. The summed E-state index contributed by atoms with van der Waals surface area (Å²) >= 11 is 0. The highest BCUT2D eigenvalue weighted by Crippen LogP contribution is 2.40. The van der Waals surface area contributed by atoms with Gasteiger partial charge in [0.1, 0.15) is 5.75 Å². The molecule has 3 aromatic carbocycles. The summed E-state index contributed by atoms with van der Waals surface area (Å²) in [5.74, 6) is -0.0266. The van der Waals surface area contributed by atoms with E-state index in [4.69, 9.17) is 9.84 Å². The molecule has 0 bridgehead atoms. The fourth-order valence-electron chi connectivity index (χ4n) is 4.94. The van der Waals surface area contributed by atoms with Gasteiger partial charge in [-0.15, -0.1) is 0 Å². The lowest BCUT2D eigenvalue weighted by Crippen LogP contribution is -2.34. The summed E-state index contributed by atoms with van der Waals surface area (Å²) in [6.45, 7) is 0.636. The zero-order chi connectivity index (χ0) is 25.8. The number of rotatable bonds is 9. The SMILES string of the molecule is O=C(NCCNC(=O)c1ccc2cc(C3CC3)ccc2c1)c1ccc(OC2CCC(C(=O)O)CC2)cc1. The van der Waals surface area contributed by atoms with Crippen LogP contribution in [0.15, 0.2) is 60.7 Å². The molecule has 3 N–H and O–H groups in total. The van der Waals surface area contributed by atoms with Crippen LogP contribution in [-0.4, -0.2) is 42.1 Å². The molecule has 7 heteroatoms. The first-order chi connectivity index (χ1) is 18.0. The Morgan fingerprint density at radius 2 is 1.32 bits per heavy atom. The van der Waals surface area contributed by atoms with Crippen molar-refractivity contribution in [3.8, 4) is 5.75 Å². The number of hydrogen-bond acceptors (Lipinski definition) is 4. The van der Waals surface area contributed by atoms with E-state index in [-0.39, 0.29) is 23.8 Å². The molecule has 7 nitrogen and oxygen atoms in total. The maximum atomic E-state index is 12.6. The van der Waals surface area contributed by atoms with Crippen molar-refractivity contribution in [3.63, 3.8) is 0 Å². The molecule has 0 radical (unpaired) electrons. The minimum absolute atomic E-state index is 0.00158. The number of nitrogens with one attached hydrogen (secondary N) is 2. The van der Waals surface area contributed by atoms with E-state index in [1.54, 1.807) is 24.3 Å². The number of ether oxygens (including phenoxy) is 1. The lowest BCUT2D eigenvalue weighted by molar-refractivity contribution is -0.143. The van der Waals surface area contributed by atoms with E-state index >= 15 is 0 Å². The topological polar surface area (TPSA) is 105 Å². The van der Waals surface area contributed by atoms with Crippen molar-refractivity contribution in [2.45, 2.75) is 50.5 Å². The van der Waals surface area contributed by atoms with Crippen LogP contribution in [0.5, 0.6) is 5.75 Å². The van der Waals surface area contributed by atoms with Gasteiger partial charge in [0.2, 0.25) is 0 Å². The normalized spacial score (nSPS) is 19.2. The molecule has 0 heterocycles. The van der Waals surface area contributed by atoms with Gasteiger partial charge in [-0.1, -0.05) is 24.3 Å². The van der Waals surface area contributed by atoms with Crippen LogP contribution in [0.4, 0.5) is 0 Å². The molecule has 0 aromatic heterocycles. The first-order valence-corrected chi connectivity index (χ1v) is 13.1. The quantitative estimate of drug-likeness (QED) is 0.363. The Morgan fingerprint density at radius 1 is 0.730 bits per heavy atom. The minimum Gasteiger partial charge on any atom is -0.490 e. The first kappa shape index (κ1) is 24.8. The van der Waals surface area contributed by atoms with Crippen LogP contribution < -0.4 is 15.4 Å². The second kappa shape index (κ2) is 11.0. The van der Waals surface area contributed by atoms with Gasteiger partial charge >= 0.3 is 5.97 Å². The summed E-state index contributed by atoms with van der Waals surface area (Å²) in [6.07, 6.45) is 5.21. The third-order valence-electron chi connectivity index (χ3n) is 7.31. The maximum Gasteiger partial charge on any atom is 0.306 e. The van der Waals surface area contributed by atoms with Crippen LogP contribution in [-0.2, 0) is 4.79 Å². The van der Waals surface area contributed by atoms with Crippen molar-refractivity contribution >= 4 is 28.6 Å². The summed E-state index contributed by atoms with van der Waals surface area (Å²) in [5.41, 5.74) is 2.49. The molecule has 2 saturated carbocycles. The Bertz CT molecular complexity index is 1290. The number of benzene rings is 3. The Labute approximate surface area is 216 Å². The lowest BCUT2D eigenvalue weighted by atomic mass is 9.87. The number of carbonyl (C=O) groups is 3. The molecule has 2 amide bonds. The van der Waals surface area contributed by atoms with Gasteiger partial charge in [0.15, 0.2) is 0 Å². The number of amides is 2. The molecular weight excluding hydrogens is 468 g/mol. The molecule has 2 aliphatic rings. The Kier molecular flexibility index (Phi) is 7.40. The Morgan fingerprint density at radius 3 is 1.97 bits per heavy atom. The van der Waals surface area contributed by atoms with Crippen LogP contribution in [0.1, 0.15) is 70.7 Å². The fourth-order valence-corrected chi connectivity index (χ4v) is 4.94. The van der Waals surface area contributed by atoms with Gasteiger partial charge < -0.3 is 20.5 Å². The van der Waals surface area contributed by atoms with Crippen molar-refractivity contribution in [2.24, 2.45) is 5.92 Å². The zero-order valence-corrected chi connectivity index (χ0v) is 20.7. The van der Waals surface area contributed by atoms with Gasteiger partial charge in [-0.05, 0) is 97.2 Å². The summed E-state index contributed by atoms with van der Waals surface area (Å²) in [4.78, 5) is 36.1. The molecule has 0 atom stereocenters. The number of fused-ring (bicyclic) bond motifs is 1. The van der Waals surface area contributed by atoms with Gasteiger partial charge in [-0.3, -0.25) is 14.4 Å². The molecule has 37 heavy (non-hydrogen) atoms. The summed E-state index contributed by atoms with van der Waals surface area (Å²) in [7, 11) is 0. The van der Waals surface area contributed by atoms with Crippen LogP contribution >= 0.6 is 0 Å². The third kappa shape index (κ3) is 6.28. The largest absolute Gasteiger partial charge is 0.490 e. The minimum atomic E-state index is -0.732. The van der Waals surface area contributed by atoms with Gasteiger partial charge in [0.25, 0.3) is 11.8 Å². The smallest absolute Gasteiger partial charge is 0.306 e. The molecule has 0 saturated heterocycles. The monoisotopic (exact) mass is 500 g/mol. The second-order valence-electron chi connectivity index (χ2n) is 10.1. The average molecular weight is 501 g/mol. The Hall–Kier alpha value is -3.87. The van der Waals surface area contributed by atoms with Crippen LogP contribution in [0.2, 0.25) is 0 Å². The Balaban J connectivity index is 1.05. The van der Waals surface area contributed by atoms with E-state index in [0.29, 0.717) is 61.6 Å². The summed E-state index contributed by atoms with van der Waals surface area (Å²) in [5, 5.41) is 17.0. The average Bonchev–Trinajstić information content (AvgIpc) is 3.77. The standard InChI is InChI=1S/C30H32N2O5/c33-28(20-7-11-26(12-8-20)37-27-13-9-21(10-14-27)30(35)36)31-15-16-32-29(34)25-6-5-23-17-22(19-1-2-19)3-4-24(23)18-25/h3-8,11-12,17-19,21,27H,1-2,9-10,13-16H2,(H,31,33)(H,32,34)(H,35,36). The number of carbonyl (C=O) groups excluding carboxylic acids is 2. The maximum absolute atomic E-state index is 12.6. The van der Waals surface area contributed by atoms with E-state index in [2.05, 4.69) is 28.8 Å². The molecule has 192 valence electrons. The number of hydrogen-bond donors (Lipinski definition) is 3. The molecule has 0 aliphatic heterocycles. The van der Waals surface area contributed by atoms with Gasteiger partial charge in [-0.2, -0.15) is 0 Å². The molecule has 0 spiro atoms. The third-order valence-corrected chi connectivity index (χ3v) is 7.31. The summed E-state index contributed by atoms with van der Waals surface area (Å²) < 4.78 is 5.96.